The van der Waals surface area contributed by atoms with Crippen LogP contribution in [0.25, 0.3) is 4.85 Å². The van der Waals surface area contributed by atoms with E-state index in [9.17, 15) is 24.0 Å². The zero-order chi connectivity index (χ0) is 14.0. The Bertz CT molecular complexity index is 653. The predicted molar refractivity (Wildman–Crippen MR) is 58.6 cm³/mol. The maximum Gasteiger partial charge on any atom is 0.251 e. The Balaban J connectivity index is 0. The van der Waals surface area contributed by atoms with Gasteiger partial charge in [0.2, 0.25) is 0 Å². The average Bonchev–Trinajstić information content (AvgIpc) is 2.40. The smallest absolute Gasteiger partial charge is 0.251 e. The largest absolute Gasteiger partial charge is 0.311 e. The molecule has 0 saturated carbocycles. The maximum absolute atomic E-state index is 10.7. The molecular weight excluding hydrogens is 422 g/mol. The minimum absolute atomic E-state index is 0. The SMILES string of the molecule is [C-]#[N+]CC(=C=O)C(=C=O)C(=C=O)C(=C=O)C=C=O.[W]. The number of allylic oxidation sites excluding steroid dienone is 3. The van der Waals surface area contributed by atoms with Gasteiger partial charge in [-0.1, -0.05) is 0 Å². The summed E-state index contributed by atoms with van der Waals surface area (Å²) in [6.07, 6.45) is 0.546. The van der Waals surface area contributed by atoms with Gasteiger partial charge in [-0.2, -0.15) is 0 Å². The Kier molecular flexibility index (Phi) is 10.5. The first-order chi connectivity index (χ1) is 8.69. The molecule has 0 aliphatic heterocycles. The molecule has 0 N–H and O–H groups in total. The first-order valence-electron chi connectivity index (χ1n) is 4.24. The molecular formula is C12H3NO5W. The Morgan fingerprint density at radius 2 is 1.53 bits per heavy atom. The summed E-state index contributed by atoms with van der Waals surface area (Å²) in [7, 11) is 0. The number of carbonyl (C=O) groups excluding carboxylic acids is 5. The van der Waals surface area contributed by atoms with Gasteiger partial charge in [-0.15, -0.1) is 0 Å². The molecule has 0 aromatic rings. The fourth-order valence-electron chi connectivity index (χ4n) is 0.957. The zero-order valence-corrected chi connectivity index (χ0v) is 12.1. The van der Waals surface area contributed by atoms with Crippen molar-refractivity contribution >= 4 is 29.7 Å². The second-order valence-corrected chi connectivity index (χ2v) is 2.63. The van der Waals surface area contributed by atoms with Crippen molar-refractivity contribution in [2.24, 2.45) is 0 Å². The molecule has 0 spiro atoms. The third-order valence-corrected chi connectivity index (χ3v) is 1.70. The number of hydrogen-bond donors (Lipinski definition) is 0. The van der Waals surface area contributed by atoms with Crippen LogP contribution < -0.4 is 0 Å². The minimum atomic E-state index is -0.689. The average molecular weight is 425 g/mol. The van der Waals surface area contributed by atoms with Gasteiger partial charge in [0.1, 0.15) is 35.3 Å². The van der Waals surface area contributed by atoms with Crippen LogP contribution in [0.4, 0.5) is 0 Å². The van der Waals surface area contributed by atoms with Crippen LogP contribution in [-0.2, 0) is 45.0 Å². The molecule has 0 bridgehead atoms. The van der Waals surface area contributed by atoms with Gasteiger partial charge in [0.05, 0.1) is 16.7 Å². The molecule has 19 heavy (non-hydrogen) atoms. The van der Waals surface area contributed by atoms with E-state index in [1.54, 1.807) is 0 Å². The van der Waals surface area contributed by atoms with E-state index in [0.29, 0.717) is 6.08 Å². The fraction of sp³-hybridized carbons (Fsp3) is 0.0833. The Morgan fingerprint density at radius 3 is 1.84 bits per heavy atom. The first kappa shape index (κ1) is 18.8. The molecule has 0 fully saturated rings. The summed E-state index contributed by atoms with van der Waals surface area (Å²) in [5.74, 6) is 6.18. The summed E-state index contributed by atoms with van der Waals surface area (Å²) in [6.45, 7) is 6.02. The third-order valence-electron chi connectivity index (χ3n) is 1.70. The molecule has 0 aliphatic carbocycles. The van der Waals surface area contributed by atoms with Crippen molar-refractivity contribution < 1.29 is 45.0 Å². The topological polar surface area (TPSA) is 89.7 Å². The van der Waals surface area contributed by atoms with Gasteiger partial charge in [-0.05, 0) is 0 Å². The number of nitrogens with zero attached hydrogens (tertiary/aromatic N) is 1. The van der Waals surface area contributed by atoms with Crippen molar-refractivity contribution in [2.75, 3.05) is 6.54 Å². The molecule has 0 heterocycles. The van der Waals surface area contributed by atoms with Crippen LogP contribution in [0.5, 0.6) is 0 Å². The fourth-order valence-corrected chi connectivity index (χ4v) is 0.957. The molecule has 92 valence electrons. The summed E-state index contributed by atoms with van der Waals surface area (Å²) in [5, 5.41) is 0. The van der Waals surface area contributed by atoms with Gasteiger partial charge < -0.3 is 4.85 Å². The third kappa shape index (κ3) is 5.07. The van der Waals surface area contributed by atoms with Gasteiger partial charge in [-0.3, -0.25) is 0 Å². The van der Waals surface area contributed by atoms with E-state index in [-0.39, 0.29) is 21.1 Å². The van der Waals surface area contributed by atoms with E-state index >= 15 is 0 Å². The Morgan fingerprint density at radius 1 is 0.947 bits per heavy atom. The maximum atomic E-state index is 10.7. The van der Waals surface area contributed by atoms with Crippen LogP contribution in [0.3, 0.4) is 0 Å². The summed E-state index contributed by atoms with van der Waals surface area (Å²) < 4.78 is 0. The molecule has 0 aromatic heterocycles. The van der Waals surface area contributed by atoms with Crippen LogP contribution in [0.15, 0.2) is 28.4 Å². The van der Waals surface area contributed by atoms with E-state index in [0.717, 1.165) is 0 Å². The van der Waals surface area contributed by atoms with Crippen molar-refractivity contribution in [1.29, 1.82) is 0 Å². The molecule has 0 aliphatic rings. The monoisotopic (exact) mass is 425 g/mol. The van der Waals surface area contributed by atoms with Crippen LogP contribution in [0.2, 0.25) is 0 Å². The minimum Gasteiger partial charge on any atom is -0.311 e. The molecule has 0 saturated heterocycles. The quantitative estimate of drug-likeness (QED) is 0.331. The molecule has 6 nitrogen and oxygen atoms in total. The van der Waals surface area contributed by atoms with Crippen LogP contribution in [-0.4, -0.2) is 36.3 Å². The van der Waals surface area contributed by atoms with E-state index in [1.165, 1.54) is 29.7 Å². The van der Waals surface area contributed by atoms with E-state index < -0.39 is 28.8 Å². The zero-order valence-electron chi connectivity index (χ0n) is 9.18. The van der Waals surface area contributed by atoms with Crippen LogP contribution >= 0.6 is 0 Å². The summed E-state index contributed by atoms with van der Waals surface area (Å²) in [4.78, 5) is 55.3. The Labute approximate surface area is 121 Å². The van der Waals surface area contributed by atoms with E-state index in [1.807, 2.05) is 0 Å². The van der Waals surface area contributed by atoms with Gasteiger partial charge in [0, 0.05) is 27.1 Å². The summed E-state index contributed by atoms with van der Waals surface area (Å²) >= 11 is 0. The molecule has 7 heteroatoms. The molecule has 0 rings (SSSR count). The van der Waals surface area contributed by atoms with Crippen molar-refractivity contribution in [3.05, 3.63) is 39.8 Å². The number of hydrogen-bond acceptors (Lipinski definition) is 5. The Hall–Kier alpha value is -2.57. The van der Waals surface area contributed by atoms with Gasteiger partial charge in [-0.25, -0.2) is 30.5 Å². The van der Waals surface area contributed by atoms with Crippen molar-refractivity contribution in [2.45, 2.75) is 0 Å². The van der Waals surface area contributed by atoms with Gasteiger partial charge in [0.15, 0.2) is 0 Å². The van der Waals surface area contributed by atoms with E-state index in [2.05, 4.69) is 4.85 Å². The molecule has 0 unspecified atom stereocenters. The van der Waals surface area contributed by atoms with Crippen LogP contribution in [0.1, 0.15) is 0 Å². The predicted octanol–water partition coefficient (Wildman–Crippen LogP) is -0.677. The molecule has 0 amide bonds. The molecule has 0 atom stereocenters. The number of rotatable bonds is 5. The van der Waals surface area contributed by atoms with Gasteiger partial charge in [0.25, 0.3) is 6.54 Å². The molecule has 0 radical (unpaired) electrons. The summed E-state index contributed by atoms with van der Waals surface area (Å²) in [5.41, 5.74) is -2.42. The normalized spacial score (nSPS) is 6.68. The standard InChI is InChI=1S/C12H3NO5.W/c1-13-4-10(6-16)12(8-18)11(7-17)9(5-15)2-3-14;/h2H,4H2;. The molecule has 0 aromatic carbocycles. The summed E-state index contributed by atoms with van der Waals surface area (Å²) in [6, 6.07) is 0. The first-order valence-corrected chi connectivity index (χ1v) is 4.24. The van der Waals surface area contributed by atoms with Crippen LogP contribution in [0, 0.1) is 6.57 Å². The second-order valence-electron chi connectivity index (χ2n) is 2.63. The van der Waals surface area contributed by atoms with Gasteiger partial charge >= 0.3 is 0 Å². The van der Waals surface area contributed by atoms with Crippen molar-refractivity contribution in [3.8, 4) is 0 Å². The van der Waals surface area contributed by atoms with Crippen molar-refractivity contribution in [3.63, 3.8) is 0 Å². The van der Waals surface area contributed by atoms with Crippen molar-refractivity contribution in [1.82, 2.24) is 0 Å². The second kappa shape index (κ2) is 10.6. The van der Waals surface area contributed by atoms with E-state index in [4.69, 9.17) is 6.57 Å².